The number of hydrogen-bond donors (Lipinski definition) is 2. The molecule has 25 heavy (non-hydrogen) atoms. The van der Waals surface area contributed by atoms with Crippen molar-refractivity contribution in [2.24, 2.45) is 0 Å². The highest BCUT2D eigenvalue weighted by molar-refractivity contribution is 7.15. The third-order valence-electron chi connectivity index (χ3n) is 3.31. The Morgan fingerprint density at radius 1 is 1.08 bits per heavy atom. The SMILES string of the molecule is O=C(NCc1ccccc1)c1nnc(C(Cl)=Cc2ccc(O)cc2)s1. The normalized spacial score (nSPS) is 11.3. The van der Waals surface area contributed by atoms with Crippen molar-refractivity contribution in [2.75, 3.05) is 0 Å². The minimum absolute atomic E-state index is 0.182. The highest BCUT2D eigenvalue weighted by atomic mass is 35.5. The van der Waals surface area contributed by atoms with Crippen LogP contribution in [0.25, 0.3) is 11.1 Å². The zero-order valence-electron chi connectivity index (χ0n) is 13.0. The van der Waals surface area contributed by atoms with E-state index in [9.17, 15) is 9.90 Å². The van der Waals surface area contributed by atoms with Crippen molar-refractivity contribution < 1.29 is 9.90 Å². The fourth-order valence-electron chi connectivity index (χ4n) is 2.04. The molecule has 0 unspecified atom stereocenters. The van der Waals surface area contributed by atoms with Crippen molar-refractivity contribution >= 4 is 40.0 Å². The van der Waals surface area contributed by atoms with Crippen LogP contribution in [0.4, 0.5) is 0 Å². The molecule has 3 aromatic rings. The fourth-order valence-corrected chi connectivity index (χ4v) is 2.99. The Balaban J connectivity index is 1.66. The molecule has 0 spiro atoms. The summed E-state index contributed by atoms with van der Waals surface area (Å²) in [6.07, 6.45) is 1.70. The Morgan fingerprint density at radius 3 is 2.48 bits per heavy atom. The molecular weight excluding hydrogens is 358 g/mol. The molecule has 2 aromatic carbocycles. The Bertz CT molecular complexity index is 892. The number of phenolic OH excluding ortho intramolecular Hbond substituents is 1. The van der Waals surface area contributed by atoms with E-state index in [4.69, 9.17) is 11.6 Å². The third kappa shape index (κ3) is 4.65. The second-order valence-electron chi connectivity index (χ2n) is 5.16. The number of hydrogen-bond acceptors (Lipinski definition) is 5. The maximum Gasteiger partial charge on any atom is 0.282 e. The van der Waals surface area contributed by atoms with Gasteiger partial charge in [0.15, 0.2) is 5.01 Å². The molecule has 7 heteroatoms. The van der Waals surface area contributed by atoms with Crippen molar-refractivity contribution in [1.82, 2.24) is 15.5 Å². The van der Waals surface area contributed by atoms with E-state index in [0.717, 1.165) is 22.5 Å². The number of phenols is 1. The summed E-state index contributed by atoms with van der Waals surface area (Å²) in [5, 5.41) is 21.0. The quantitative estimate of drug-likeness (QED) is 0.713. The Labute approximate surface area is 153 Å². The Hall–Kier alpha value is -2.70. The summed E-state index contributed by atoms with van der Waals surface area (Å²) < 4.78 is 0. The molecule has 3 rings (SSSR count). The number of amides is 1. The summed E-state index contributed by atoms with van der Waals surface area (Å²) in [5.41, 5.74) is 1.82. The van der Waals surface area contributed by atoms with Gasteiger partial charge < -0.3 is 10.4 Å². The number of benzene rings is 2. The molecule has 0 fully saturated rings. The first-order chi connectivity index (χ1) is 12.1. The molecule has 5 nitrogen and oxygen atoms in total. The Kier molecular flexibility index (Phi) is 5.42. The number of carbonyl (C=O) groups is 1. The van der Waals surface area contributed by atoms with Gasteiger partial charge in [0.2, 0.25) is 5.01 Å². The van der Waals surface area contributed by atoms with Crippen LogP contribution in [0.1, 0.15) is 25.9 Å². The molecule has 2 N–H and O–H groups in total. The number of rotatable bonds is 5. The predicted octanol–water partition coefficient (Wildman–Crippen LogP) is 3.91. The lowest BCUT2D eigenvalue weighted by atomic mass is 10.2. The lowest BCUT2D eigenvalue weighted by molar-refractivity contribution is 0.0950. The molecule has 1 heterocycles. The zero-order valence-corrected chi connectivity index (χ0v) is 14.6. The standard InChI is InChI=1S/C18H14ClN3O2S/c19-15(10-12-6-8-14(23)9-7-12)17-21-22-18(25-17)16(24)20-11-13-4-2-1-3-5-13/h1-10,23H,11H2,(H,20,24). The highest BCUT2D eigenvalue weighted by Crippen LogP contribution is 2.25. The molecule has 0 aliphatic heterocycles. The topological polar surface area (TPSA) is 75.1 Å². The van der Waals surface area contributed by atoms with Crippen LogP contribution in [0.15, 0.2) is 54.6 Å². The first kappa shape index (κ1) is 17.1. The van der Waals surface area contributed by atoms with Gasteiger partial charge in [0.25, 0.3) is 5.91 Å². The molecule has 0 radical (unpaired) electrons. The van der Waals surface area contributed by atoms with E-state index in [2.05, 4.69) is 15.5 Å². The van der Waals surface area contributed by atoms with Gasteiger partial charge in [-0.3, -0.25) is 4.79 Å². The largest absolute Gasteiger partial charge is 0.508 e. The van der Waals surface area contributed by atoms with Crippen LogP contribution in [-0.2, 0) is 6.54 Å². The van der Waals surface area contributed by atoms with E-state index in [1.54, 1.807) is 30.3 Å². The van der Waals surface area contributed by atoms with Crippen LogP contribution in [-0.4, -0.2) is 21.2 Å². The number of aromatic nitrogens is 2. The maximum absolute atomic E-state index is 12.2. The van der Waals surface area contributed by atoms with Gasteiger partial charge >= 0.3 is 0 Å². The van der Waals surface area contributed by atoms with Crippen LogP contribution in [0.3, 0.4) is 0 Å². The van der Waals surface area contributed by atoms with Crippen molar-refractivity contribution in [3.05, 3.63) is 75.7 Å². The molecule has 0 aliphatic rings. The maximum atomic E-state index is 12.2. The molecule has 0 bridgehead atoms. The van der Waals surface area contributed by atoms with E-state index in [-0.39, 0.29) is 16.7 Å². The average Bonchev–Trinajstić information content (AvgIpc) is 3.13. The second kappa shape index (κ2) is 7.92. The Morgan fingerprint density at radius 2 is 1.76 bits per heavy atom. The number of nitrogens with one attached hydrogen (secondary N) is 1. The van der Waals surface area contributed by atoms with Crippen LogP contribution >= 0.6 is 22.9 Å². The van der Waals surface area contributed by atoms with E-state index in [1.807, 2.05) is 30.3 Å². The second-order valence-corrected chi connectivity index (χ2v) is 6.55. The molecular formula is C18H14ClN3O2S. The van der Waals surface area contributed by atoms with E-state index >= 15 is 0 Å². The van der Waals surface area contributed by atoms with Gasteiger partial charge in [0.05, 0.1) is 5.03 Å². The molecule has 0 atom stereocenters. The first-order valence-electron chi connectivity index (χ1n) is 7.44. The summed E-state index contributed by atoms with van der Waals surface area (Å²) in [4.78, 5) is 12.2. The van der Waals surface area contributed by atoms with Crippen LogP contribution in [0.2, 0.25) is 0 Å². The van der Waals surface area contributed by atoms with Crippen LogP contribution in [0.5, 0.6) is 5.75 Å². The molecule has 0 saturated carbocycles. The zero-order chi connectivity index (χ0) is 17.6. The van der Waals surface area contributed by atoms with Gasteiger partial charge in [-0.15, -0.1) is 10.2 Å². The smallest absolute Gasteiger partial charge is 0.282 e. The van der Waals surface area contributed by atoms with E-state index < -0.39 is 0 Å². The summed E-state index contributed by atoms with van der Waals surface area (Å²) in [7, 11) is 0. The van der Waals surface area contributed by atoms with Crippen LogP contribution in [0, 0.1) is 0 Å². The summed E-state index contributed by atoms with van der Waals surface area (Å²) in [6, 6.07) is 16.2. The van der Waals surface area contributed by atoms with Gasteiger partial charge in [-0.05, 0) is 29.3 Å². The van der Waals surface area contributed by atoms with Crippen molar-refractivity contribution in [3.63, 3.8) is 0 Å². The lowest BCUT2D eigenvalue weighted by Crippen LogP contribution is -2.22. The van der Waals surface area contributed by atoms with Crippen molar-refractivity contribution in [3.8, 4) is 5.75 Å². The highest BCUT2D eigenvalue weighted by Gasteiger charge is 2.14. The minimum Gasteiger partial charge on any atom is -0.508 e. The van der Waals surface area contributed by atoms with Gasteiger partial charge in [-0.1, -0.05) is 65.4 Å². The number of aromatic hydroxyl groups is 1. The summed E-state index contributed by atoms with van der Waals surface area (Å²) in [5.74, 6) is -0.108. The molecule has 1 amide bonds. The van der Waals surface area contributed by atoms with Crippen molar-refractivity contribution in [1.29, 1.82) is 0 Å². The molecule has 0 saturated heterocycles. The molecule has 126 valence electrons. The average molecular weight is 372 g/mol. The van der Waals surface area contributed by atoms with Crippen LogP contribution < -0.4 is 5.32 Å². The van der Waals surface area contributed by atoms with Gasteiger partial charge in [-0.2, -0.15) is 0 Å². The van der Waals surface area contributed by atoms with Gasteiger partial charge in [-0.25, -0.2) is 0 Å². The number of carbonyl (C=O) groups excluding carboxylic acids is 1. The monoisotopic (exact) mass is 371 g/mol. The minimum atomic E-state index is -0.290. The van der Waals surface area contributed by atoms with Gasteiger partial charge in [0, 0.05) is 6.54 Å². The fraction of sp³-hybridized carbons (Fsp3) is 0.0556. The van der Waals surface area contributed by atoms with E-state index in [0.29, 0.717) is 16.6 Å². The number of halogens is 1. The lowest BCUT2D eigenvalue weighted by Gasteiger charge is -2.02. The summed E-state index contributed by atoms with van der Waals surface area (Å²) >= 11 is 7.37. The third-order valence-corrected chi connectivity index (χ3v) is 4.66. The van der Waals surface area contributed by atoms with Gasteiger partial charge in [0.1, 0.15) is 5.75 Å². The first-order valence-corrected chi connectivity index (χ1v) is 8.63. The number of nitrogens with zero attached hydrogens (tertiary/aromatic N) is 2. The summed E-state index contributed by atoms with van der Waals surface area (Å²) in [6.45, 7) is 0.422. The van der Waals surface area contributed by atoms with Crippen molar-refractivity contribution in [2.45, 2.75) is 6.54 Å². The molecule has 1 aromatic heterocycles. The van der Waals surface area contributed by atoms with E-state index in [1.165, 1.54) is 0 Å². The molecule has 0 aliphatic carbocycles. The predicted molar refractivity (Wildman–Crippen MR) is 99.4 cm³/mol.